The van der Waals surface area contributed by atoms with Gasteiger partial charge < -0.3 is 19.8 Å². The molecule has 2 aromatic carbocycles. The quantitative estimate of drug-likeness (QED) is 0.578. The molecular weight excluding hydrogens is 398 g/mol. The molecule has 3 rings (SSSR count). The molecule has 1 amide bonds. The molecule has 1 unspecified atom stereocenters. The summed E-state index contributed by atoms with van der Waals surface area (Å²) in [7, 11) is 3.12. The van der Waals surface area contributed by atoms with Crippen molar-refractivity contribution in [2.24, 2.45) is 5.92 Å². The Kier molecular flexibility index (Phi) is 6.79. The summed E-state index contributed by atoms with van der Waals surface area (Å²) in [5.74, 6) is 1.03. The SMILES string of the molecule is COc1ccc(C(NC(=O)CCn2c(=O)[nH]c3ccccc3c2=O)C(C)C)cc1OC. The third-order valence-corrected chi connectivity index (χ3v) is 5.20. The summed E-state index contributed by atoms with van der Waals surface area (Å²) in [5.41, 5.74) is 0.414. The molecule has 3 aromatic rings. The number of nitrogens with one attached hydrogen (secondary N) is 2. The second kappa shape index (κ2) is 9.51. The number of carbonyl (C=O) groups is 1. The lowest BCUT2D eigenvalue weighted by molar-refractivity contribution is -0.122. The maximum absolute atomic E-state index is 12.7. The Morgan fingerprint density at radius 3 is 2.45 bits per heavy atom. The molecule has 8 nitrogen and oxygen atoms in total. The monoisotopic (exact) mass is 425 g/mol. The van der Waals surface area contributed by atoms with Crippen molar-refractivity contribution in [3.05, 3.63) is 68.9 Å². The first-order valence-corrected chi connectivity index (χ1v) is 10.1. The van der Waals surface area contributed by atoms with E-state index in [1.54, 1.807) is 44.6 Å². The molecule has 1 atom stereocenters. The Hall–Kier alpha value is -3.55. The van der Waals surface area contributed by atoms with Gasteiger partial charge in [-0.2, -0.15) is 0 Å². The van der Waals surface area contributed by atoms with Crippen molar-refractivity contribution in [3.8, 4) is 11.5 Å². The highest BCUT2D eigenvalue weighted by Crippen LogP contribution is 2.32. The van der Waals surface area contributed by atoms with Crippen LogP contribution in [-0.2, 0) is 11.3 Å². The number of hydrogen-bond acceptors (Lipinski definition) is 5. The maximum Gasteiger partial charge on any atom is 0.328 e. The molecule has 164 valence electrons. The molecular formula is C23H27N3O5. The number of H-pyrrole nitrogens is 1. The first kappa shape index (κ1) is 22.1. The Morgan fingerprint density at radius 1 is 1.06 bits per heavy atom. The van der Waals surface area contributed by atoms with E-state index < -0.39 is 11.2 Å². The predicted molar refractivity (Wildman–Crippen MR) is 119 cm³/mol. The smallest absolute Gasteiger partial charge is 0.328 e. The summed E-state index contributed by atoms with van der Waals surface area (Å²) in [6.45, 7) is 3.99. The van der Waals surface area contributed by atoms with Crippen LogP contribution < -0.4 is 26.0 Å². The number of rotatable bonds is 8. The summed E-state index contributed by atoms with van der Waals surface area (Å²) < 4.78 is 11.7. The molecule has 8 heteroatoms. The van der Waals surface area contributed by atoms with Gasteiger partial charge in [-0.15, -0.1) is 0 Å². The van der Waals surface area contributed by atoms with E-state index in [0.29, 0.717) is 22.4 Å². The molecule has 0 bridgehead atoms. The van der Waals surface area contributed by atoms with Crippen molar-refractivity contribution in [1.82, 2.24) is 14.9 Å². The Labute approximate surface area is 179 Å². The van der Waals surface area contributed by atoms with Crippen LogP contribution in [0.5, 0.6) is 11.5 Å². The molecule has 0 radical (unpaired) electrons. The van der Waals surface area contributed by atoms with Gasteiger partial charge in [0.25, 0.3) is 5.56 Å². The van der Waals surface area contributed by atoms with Crippen LogP contribution in [0.25, 0.3) is 10.9 Å². The minimum absolute atomic E-state index is 0.00215. The second-order valence-electron chi connectivity index (χ2n) is 7.59. The largest absolute Gasteiger partial charge is 0.493 e. The van der Waals surface area contributed by atoms with Gasteiger partial charge in [0.05, 0.1) is 31.2 Å². The van der Waals surface area contributed by atoms with Gasteiger partial charge in [-0.1, -0.05) is 32.0 Å². The van der Waals surface area contributed by atoms with Gasteiger partial charge >= 0.3 is 5.69 Å². The Bertz CT molecular complexity index is 1200. The average molecular weight is 425 g/mol. The summed E-state index contributed by atoms with van der Waals surface area (Å²) in [5, 5.41) is 3.42. The van der Waals surface area contributed by atoms with Gasteiger partial charge in [0.2, 0.25) is 5.91 Å². The molecule has 0 aliphatic heterocycles. The molecule has 1 aromatic heterocycles. The molecule has 2 N–H and O–H groups in total. The van der Waals surface area contributed by atoms with E-state index in [0.717, 1.165) is 10.1 Å². The third kappa shape index (κ3) is 4.79. The summed E-state index contributed by atoms with van der Waals surface area (Å²) in [6.07, 6.45) is -0.00215. The van der Waals surface area contributed by atoms with Crippen LogP contribution >= 0.6 is 0 Å². The average Bonchev–Trinajstić information content (AvgIpc) is 2.76. The molecule has 0 saturated carbocycles. The highest BCUT2D eigenvalue weighted by molar-refractivity contribution is 5.77. The van der Waals surface area contributed by atoms with E-state index in [-0.39, 0.29) is 30.8 Å². The first-order chi connectivity index (χ1) is 14.8. The van der Waals surface area contributed by atoms with Crippen LogP contribution in [0, 0.1) is 5.92 Å². The standard InChI is InChI=1S/C23H27N3O5/c1-14(2)21(15-9-10-18(30-3)19(13-15)31-4)25-20(27)11-12-26-22(28)16-7-5-6-8-17(16)24-23(26)29/h5-10,13-14,21H,11-12H2,1-4H3,(H,24,29)(H,25,27). The zero-order chi connectivity index (χ0) is 22.5. The van der Waals surface area contributed by atoms with Crippen LogP contribution in [0.1, 0.15) is 31.9 Å². The van der Waals surface area contributed by atoms with E-state index in [1.807, 2.05) is 26.0 Å². The zero-order valence-electron chi connectivity index (χ0n) is 18.1. The fourth-order valence-corrected chi connectivity index (χ4v) is 3.54. The Balaban J connectivity index is 1.77. The highest BCUT2D eigenvalue weighted by Gasteiger charge is 2.20. The van der Waals surface area contributed by atoms with Gasteiger partial charge in [0, 0.05) is 13.0 Å². The number of amides is 1. The minimum atomic E-state index is -0.531. The lowest BCUT2D eigenvalue weighted by Crippen LogP contribution is -2.38. The highest BCUT2D eigenvalue weighted by atomic mass is 16.5. The predicted octanol–water partition coefficient (Wildman–Crippen LogP) is 2.61. The number of nitrogens with zero attached hydrogens (tertiary/aromatic N) is 1. The fourth-order valence-electron chi connectivity index (χ4n) is 3.54. The van der Waals surface area contributed by atoms with Crippen LogP contribution in [0.15, 0.2) is 52.1 Å². The zero-order valence-corrected chi connectivity index (χ0v) is 18.1. The second-order valence-corrected chi connectivity index (χ2v) is 7.59. The van der Waals surface area contributed by atoms with Gasteiger partial charge in [0.15, 0.2) is 11.5 Å². The van der Waals surface area contributed by atoms with E-state index in [1.165, 1.54) is 0 Å². The number of para-hydroxylation sites is 1. The summed E-state index contributed by atoms with van der Waals surface area (Å²) in [4.78, 5) is 40.3. The van der Waals surface area contributed by atoms with Crippen molar-refractivity contribution in [3.63, 3.8) is 0 Å². The van der Waals surface area contributed by atoms with Crippen molar-refractivity contribution in [2.45, 2.75) is 32.9 Å². The van der Waals surface area contributed by atoms with Crippen molar-refractivity contribution < 1.29 is 14.3 Å². The Morgan fingerprint density at radius 2 is 1.77 bits per heavy atom. The molecule has 0 saturated heterocycles. The van der Waals surface area contributed by atoms with Crippen molar-refractivity contribution >= 4 is 16.8 Å². The van der Waals surface area contributed by atoms with E-state index >= 15 is 0 Å². The number of methoxy groups -OCH3 is 2. The number of benzene rings is 2. The van der Waals surface area contributed by atoms with Gasteiger partial charge in [-0.05, 0) is 35.7 Å². The first-order valence-electron chi connectivity index (χ1n) is 10.1. The number of fused-ring (bicyclic) bond motifs is 1. The normalized spacial score (nSPS) is 12.0. The van der Waals surface area contributed by atoms with Crippen LogP contribution in [0.3, 0.4) is 0 Å². The van der Waals surface area contributed by atoms with Gasteiger partial charge in [0.1, 0.15) is 0 Å². The maximum atomic E-state index is 12.7. The van der Waals surface area contributed by atoms with Gasteiger partial charge in [-0.25, -0.2) is 4.79 Å². The van der Waals surface area contributed by atoms with Crippen molar-refractivity contribution in [2.75, 3.05) is 14.2 Å². The number of aromatic amines is 1. The molecule has 0 aliphatic rings. The molecule has 0 fully saturated rings. The van der Waals surface area contributed by atoms with Gasteiger partial charge in [-0.3, -0.25) is 14.2 Å². The van der Waals surface area contributed by atoms with Crippen molar-refractivity contribution in [1.29, 1.82) is 0 Å². The lowest BCUT2D eigenvalue weighted by Gasteiger charge is -2.24. The number of aromatic nitrogens is 2. The lowest BCUT2D eigenvalue weighted by atomic mass is 9.95. The number of carbonyl (C=O) groups excluding carboxylic acids is 1. The fraction of sp³-hybridized carbons (Fsp3) is 0.348. The number of ether oxygens (including phenoxy) is 2. The third-order valence-electron chi connectivity index (χ3n) is 5.20. The van der Waals surface area contributed by atoms with Crippen LogP contribution in [-0.4, -0.2) is 29.7 Å². The molecule has 0 aliphatic carbocycles. The number of hydrogen-bond donors (Lipinski definition) is 2. The molecule has 1 heterocycles. The summed E-state index contributed by atoms with van der Waals surface area (Å²) >= 11 is 0. The molecule has 0 spiro atoms. The van der Waals surface area contributed by atoms with Crippen LogP contribution in [0.4, 0.5) is 0 Å². The van der Waals surface area contributed by atoms with Crippen LogP contribution in [0.2, 0.25) is 0 Å². The van der Waals surface area contributed by atoms with E-state index in [9.17, 15) is 14.4 Å². The topological polar surface area (TPSA) is 102 Å². The minimum Gasteiger partial charge on any atom is -0.493 e. The summed E-state index contributed by atoms with van der Waals surface area (Å²) in [6, 6.07) is 12.0. The van der Waals surface area contributed by atoms with E-state index in [2.05, 4.69) is 10.3 Å². The molecule has 31 heavy (non-hydrogen) atoms. The van der Waals surface area contributed by atoms with E-state index in [4.69, 9.17) is 9.47 Å².